The summed E-state index contributed by atoms with van der Waals surface area (Å²) in [7, 11) is -3.38. The number of nitrogens with zero attached hydrogens (tertiary/aromatic N) is 1. The number of rotatable bonds is 5. The van der Waals surface area contributed by atoms with E-state index < -0.39 is 10.0 Å². The average Bonchev–Trinajstić information content (AvgIpc) is 3.14. The number of carbonyl (C=O) groups excluding carboxylic acids is 1. The largest absolute Gasteiger partial charge is 0.355 e. The van der Waals surface area contributed by atoms with Crippen molar-refractivity contribution in [1.29, 1.82) is 0 Å². The summed E-state index contributed by atoms with van der Waals surface area (Å²) in [4.78, 5) is 12.3. The van der Waals surface area contributed by atoms with Crippen LogP contribution in [-0.2, 0) is 21.2 Å². The Bertz CT molecular complexity index is 734. The second kappa shape index (κ2) is 6.06. The van der Waals surface area contributed by atoms with Crippen molar-refractivity contribution in [3.05, 3.63) is 29.8 Å². The SMILES string of the molecule is O=C(NCCS(=O)(=O)N1CCc2ccccc21)C1[C@@H]2CCCC[C@@H]12. The van der Waals surface area contributed by atoms with Gasteiger partial charge in [-0.05, 0) is 42.7 Å². The van der Waals surface area contributed by atoms with Gasteiger partial charge in [-0.2, -0.15) is 0 Å². The number of hydrogen-bond acceptors (Lipinski definition) is 3. The van der Waals surface area contributed by atoms with Crippen LogP contribution < -0.4 is 9.62 Å². The lowest BCUT2D eigenvalue weighted by atomic mass is 10.0. The molecule has 6 heteroatoms. The van der Waals surface area contributed by atoms with Crippen molar-refractivity contribution < 1.29 is 13.2 Å². The molecule has 1 aliphatic heterocycles. The summed E-state index contributed by atoms with van der Waals surface area (Å²) in [6.45, 7) is 0.707. The zero-order valence-electron chi connectivity index (χ0n) is 13.8. The molecule has 1 N–H and O–H groups in total. The van der Waals surface area contributed by atoms with Gasteiger partial charge >= 0.3 is 0 Å². The predicted octanol–water partition coefficient (Wildman–Crippen LogP) is 1.93. The summed E-state index contributed by atoms with van der Waals surface area (Å²) in [5, 5.41) is 2.86. The maximum absolute atomic E-state index is 12.6. The molecular formula is C18H24N2O3S. The molecule has 2 aliphatic carbocycles. The van der Waals surface area contributed by atoms with Crippen LogP contribution in [0.25, 0.3) is 0 Å². The first-order valence-electron chi connectivity index (χ1n) is 8.94. The van der Waals surface area contributed by atoms with Crippen LogP contribution in [0, 0.1) is 17.8 Å². The van der Waals surface area contributed by atoms with E-state index in [0.717, 1.165) is 30.5 Å². The van der Waals surface area contributed by atoms with Crippen molar-refractivity contribution in [2.75, 3.05) is 23.1 Å². The van der Waals surface area contributed by atoms with E-state index in [4.69, 9.17) is 0 Å². The Morgan fingerprint density at radius 1 is 1.17 bits per heavy atom. The highest BCUT2D eigenvalue weighted by atomic mass is 32.2. The smallest absolute Gasteiger partial charge is 0.236 e. The number of fused-ring (bicyclic) bond motifs is 2. The summed E-state index contributed by atoms with van der Waals surface area (Å²) in [6.07, 6.45) is 5.53. The average molecular weight is 348 g/mol. The Hall–Kier alpha value is -1.56. The van der Waals surface area contributed by atoms with Gasteiger partial charge in [-0.1, -0.05) is 31.0 Å². The number of amides is 1. The van der Waals surface area contributed by atoms with Crippen LogP contribution in [0.15, 0.2) is 24.3 Å². The summed E-state index contributed by atoms with van der Waals surface area (Å²) in [5.74, 6) is 1.28. The molecule has 0 spiro atoms. The number of benzene rings is 1. The quantitative estimate of drug-likeness (QED) is 0.884. The van der Waals surface area contributed by atoms with E-state index in [1.165, 1.54) is 17.1 Å². The highest BCUT2D eigenvalue weighted by Crippen LogP contribution is 2.55. The van der Waals surface area contributed by atoms with E-state index in [-0.39, 0.29) is 24.1 Å². The maximum Gasteiger partial charge on any atom is 0.236 e. The van der Waals surface area contributed by atoms with Gasteiger partial charge in [-0.15, -0.1) is 0 Å². The third-order valence-electron chi connectivity index (χ3n) is 5.80. The van der Waals surface area contributed by atoms with Crippen molar-refractivity contribution in [3.63, 3.8) is 0 Å². The highest BCUT2D eigenvalue weighted by molar-refractivity contribution is 7.92. The van der Waals surface area contributed by atoms with Gasteiger partial charge < -0.3 is 5.32 Å². The molecule has 3 aliphatic rings. The lowest BCUT2D eigenvalue weighted by Gasteiger charge is -2.19. The minimum absolute atomic E-state index is 0.0326. The molecule has 0 bridgehead atoms. The monoisotopic (exact) mass is 348 g/mol. The van der Waals surface area contributed by atoms with Gasteiger partial charge in [-0.3, -0.25) is 9.10 Å². The van der Waals surface area contributed by atoms with Gasteiger partial charge in [0.2, 0.25) is 15.9 Å². The van der Waals surface area contributed by atoms with Crippen LogP contribution in [0.1, 0.15) is 31.2 Å². The summed E-state index contributed by atoms with van der Waals surface area (Å²) in [6, 6.07) is 7.63. The Morgan fingerprint density at radius 2 is 1.88 bits per heavy atom. The molecule has 0 saturated heterocycles. The van der Waals surface area contributed by atoms with Crippen molar-refractivity contribution in [2.45, 2.75) is 32.1 Å². The predicted molar refractivity (Wildman–Crippen MR) is 93.2 cm³/mol. The molecule has 130 valence electrons. The first-order chi connectivity index (χ1) is 11.6. The van der Waals surface area contributed by atoms with Gasteiger partial charge in [0.25, 0.3) is 0 Å². The molecule has 5 nitrogen and oxygen atoms in total. The Balaban J connectivity index is 1.32. The van der Waals surface area contributed by atoms with E-state index in [2.05, 4.69) is 5.32 Å². The van der Waals surface area contributed by atoms with Crippen LogP contribution in [0.2, 0.25) is 0 Å². The number of hydrogen-bond donors (Lipinski definition) is 1. The van der Waals surface area contributed by atoms with Crippen LogP contribution >= 0.6 is 0 Å². The van der Waals surface area contributed by atoms with Gasteiger partial charge in [0.15, 0.2) is 0 Å². The molecule has 1 aromatic rings. The second-order valence-electron chi connectivity index (χ2n) is 7.20. The first kappa shape index (κ1) is 15.9. The molecule has 4 rings (SSSR count). The zero-order valence-corrected chi connectivity index (χ0v) is 14.6. The number of carbonyl (C=O) groups is 1. The fourth-order valence-electron chi connectivity index (χ4n) is 4.51. The van der Waals surface area contributed by atoms with Crippen LogP contribution in [0.5, 0.6) is 0 Å². The van der Waals surface area contributed by atoms with E-state index in [0.29, 0.717) is 18.4 Å². The van der Waals surface area contributed by atoms with E-state index in [1.54, 1.807) is 0 Å². The van der Waals surface area contributed by atoms with Crippen LogP contribution in [0.3, 0.4) is 0 Å². The molecule has 2 fully saturated rings. The number of nitrogens with one attached hydrogen (secondary N) is 1. The highest BCUT2D eigenvalue weighted by Gasteiger charge is 2.54. The Morgan fingerprint density at radius 3 is 2.62 bits per heavy atom. The van der Waals surface area contributed by atoms with Crippen molar-refractivity contribution in [2.24, 2.45) is 17.8 Å². The minimum Gasteiger partial charge on any atom is -0.355 e. The minimum atomic E-state index is -3.38. The molecule has 2 saturated carbocycles. The molecule has 1 aromatic carbocycles. The Kier molecular flexibility index (Phi) is 4.03. The molecule has 1 heterocycles. The van der Waals surface area contributed by atoms with Crippen molar-refractivity contribution >= 4 is 21.6 Å². The molecule has 24 heavy (non-hydrogen) atoms. The van der Waals surface area contributed by atoms with E-state index >= 15 is 0 Å². The standard InChI is InChI=1S/C18H24N2O3S/c21-18(17-14-6-2-3-7-15(14)17)19-10-12-24(22,23)20-11-9-13-5-1-4-8-16(13)20/h1,4-5,8,14-15,17H,2-3,6-7,9-12H2,(H,19,21)/t14-,15-/m1/s1. The molecule has 0 unspecified atom stereocenters. The fourth-order valence-corrected chi connectivity index (χ4v) is 5.94. The van der Waals surface area contributed by atoms with E-state index in [9.17, 15) is 13.2 Å². The number of anilines is 1. The van der Waals surface area contributed by atoms with Gasteiger partial charge in [-0.25, -0.2) is 8.42 Å². The van der Waals surface area contributed by atoms with E-state index in [1.807, 2.05) is 24.3 Å². The molecular weight excluding hydrogens is 324 g/mol. The molecule has 0 aromatic heterocycles. The summed E-state index contributed by atoms with van der Waals surface area (Å²) in [5.41, 5.74) is 1.87. The topological polar surface area (TPSA) is 66.5 Å². The van der Waals surface area contributed by atoms with Gasteiger partial charge in [0.1, 0.15) is 0 Å². The molecule has 2 atom stereocenters. The normalized spacial score (nSPS) is 28.2. The zero-order chi connectivity index (χ0) is 16.7. The van der Waals surface area contributed by atoms with Crippen molar-refractivity contribution in [3.8, 4) is 0 Å². The number of para-hydroxylation sites is 1. The third kappa shape index (κ3) is 2.81. The van der Waals surface area contributed by atoms with Crippen LogP contribution in [0.4, 0.5) is 5.69 Å². The van der Waals surface area contributed by atoms with Gasteiger partial charge in [0, 0.05) is 19.0 Å². The van der Waals surface area contributed by atoms with Crippen molar-refractivity contribution in [1.82, 2.24) is 5.32 Å². The first-order valence-corrected chi connectivity index (χ1v) is 10.5. The lowest BCUT2D eigenvalue weighted by molar-refractivity contribution is -0.122. The van der Waals surface area contributed by atoms with Crippen LogP contribution in [-0.4, -0.2) is 33.2 Å². The fraction of sp³-hybridized carbons (Fsp3) is 0.611. The van der Waals surface area contributed by atoms with Gasteiger partial charge in [0.05, 0.1) is 11.4 Å². The Labute approximate surface area is 143 Å². The maximum atomic E-state index is 12.6. The summed E-state index contributed by atoms with van der Waals surface area (Å²) >= 11 is 0. The summed E-state index contributed by atoms with van der Waals surface area (Å²) < 4.78 is 26.7. The third-order valence-corrected chi connectivity index (χ3v) is 7.57. The number of sulfonamides is 1. The molecule has 0 radical (unpaired) electrons. The lowest BCUT2D eigenvalue weighted by Crippen LogP contribution is -2.37. The second-order valence-corrected chi connectivity index (χ2v) is 9.21. The molecule has 1 amide bonds.